The van der Waals surface area contributed by atoms with E-state index in [0.717, 1.165) is 43.9 Å². The van der Waals surface area contributed by atoms with E-state index in [2.05, 4.69) is 20.5 Å². The molecule has 160 valence electrons. The van der Waals surface area contributed by atoms with Crippen molar-refractivity contribution in [2.24, 2.45) is 4.99 Å². The average Bonchev–Trinajstić information content (AvgIpc) is 3.16. The number of ether oxygens (including phenoxy) is 2. The molecule has 2 atom stereocenters. The van der Waals surface area contributed by atoms with Crippen molar-refractivity contribution in [3.05, 3.63) is 35.6 Å². The normalized spacial score (nSPS) is 18.0. The van der Waals surface area contributed by atoms with Crippen LogP contribution in [-0.2, 0) is 9.47 Å². The summed E-state index contributed by atoms with van der Waals surface area (Å²) in [5.74, 6) is 0.516. The Hall–Kier alpha value is -0.970. The van der Waals surface area contributed by atoms with Gasteiger partial charge in [0.2, 0.25) is 0 Å². The van der Waals surface area contributed by atoms with Crippen molar-refractivity contribution in [3.63, 3.8) is 0 Å². The van der Waals surface area contributed by atoms with E-state index in [1.807, 2.05) is 20.2 Å². The molecule has 2 rings (SSSR count). The predicted molar refractivity (Wildman–Crippen MR) is 122 cm³/mol. The number of hydrogen-bond acceptors (Lipinski definition) is 4. The fraction of sp³-hybridized carbons (Fsp3) is 0.650. The molecule has 0 bridgehead atoms. The summed E-state index contributed by atoms with van der Waals surface area (Å²) in [7, 11) is 5.72. The fourth-order valence-electron chi connectivity index (χ4n) is 3.10. The molecule has 0 aromatic heterocycles. The van der Waals surface area contributed by atoms with Gasteiger partial charge < -0.3 is 25.0 Å². The molecule has 8 heteroatoms. The molecule has 0 radical (unpaired) electrons. The Kier molecular flexibility index (Phi) is 12.6. The smallest absolute Gasteiger partial charge is 0.191 e. The molecule has 0 amide bonds. The first-order valence-electron chi connectivity index (χ1n) is 9.66. The van der Waals surface area contributed by atoms with Gasteiger partial charge in [0.25, 0.3) is 0 Å². The minimum Gasteiger partial charge on any atom is -0.379 e. The maximum Gasteiger partial charge on any atom is 0.191 e. The summed E-state index contributed by atoms with van der Waals surface area (Å²) in [6, 6.07) is 6.77. The molecule has 0 spiro atoms. The van der Waals surface area contributed by atoms with Crippen molar-refractivity contribution < 1.29 is 13.9 Å². The average molecular weight is 508 g/mol. The zero-order valence-corrected chi connectivity index (χ0v) is 19.4. The number of rotatable bonds is 10. The lowest BCUT2D eigenvalue weighted by atomic mass is 10.1. The van der Waals surface area contributed by atoms with Crippen molar-refractivity contribution in [2.45, 2.75) is 31.4 Å². The summed E-state index contributed by atoms with van der Waals surface area (Å²) in [4.78, 5) is 6.32. The third-order valence-electron chi connectivity index (χ3n) is 4.63. The van der Waals surface area contributed by atoms with Crippen LogP contribution in [0.3, 0.4) is 0 Å². The monoisotopic (exact) mass is 508 g/mol. The minimum absolute atomic E-state index is 0. The topological polar surface area (TPSA) is 58.1 Å². The Morgan fingerprint density at radius 3 is 2.86 bits per heavy atom. The van der Waals surface area contributed by atoms with Gasteiger partial charge in [-0.15, -0.1) is 24.0 Å². The number of guanidine groups is 1. The molecule has 1 saturated heterocycles. The van der Waals surface area contributed by atoms with E-state index in [1.54, 1.807) is 19.2 Å². The van der Waals surface area contributed by atoms with Crippen LogP contribution in [0.25, 0.3) is 0 Å². The van der Waals surface area contributed by atoms with Crippen molar-refractivity contribution in [1.29, 1.82) is 0 Å². The van der Waals surface area contributed by atoms with Crippen molar-refractivity contribution in [1.82, 2.24) is 15.5 Å². The van der Waals surface area contributed by atoms with Crippen molar-refractivity contribution in [2.75, 3.05) is 54.1 Å². The Morgan fingerprint density at radius 2 is 2.21 bits per heavy atom. The second-order valence-electron chi connectivity index (χ2n) is 6.98. The molecule has 1 aromatic carbocycles. The van der Waals surface area contributed by atoms with E-state index < -0.39 is 0 Å². The lowest BCUT2D eigenvalue weighted by molar-refractivity contribution is 0.0168. The van der Waals surface area contributed by atoms with Gasteiger partial charge in [0.15, 0.2) is 5.96 Å². The number of nitrogens with one attached hydrogen (secondary N) is 2. The Labute approximate surface area is 185 Å². The maximum atomic E-state index is 13.5. The molecule has 1 aliphatic rings. The largest absolute Gasteiger partial charge is 0.379 e. The quantitative estimate of drug-likeness (QED) is 0.221. The summed E-state index contributed by atoms with van der Waals surface area (Å²) < 4.78 is 24.7. The molecular weight excluding hydrogens is 474 g/mol. The van der Waals surface area contributed by atoms with Gasteiger partial charge in [-0.2, -0.15) is 0 Å². The second kappa shape index (κ2) is 14.1. The molecule has 1 aromatic rings. The highest BCUT2D eigenvalue weighted by Crippen LogP contribution is 2.18. The SMILES string of the molecule is CN=C(NCCCOCC1CCCO1)NCC(c1cccc(F)c1)N(C)C.I. The van der Waals surface area contributed by atoms with E-state index >= 15 is 0 Å². The zero-order valence-electron chi connectivity index (χ0n) is 17.1. The Bertz CT molecular complexity index is 583. The van der Waals surface area contributed by atoms with Crippen LogP contribution in [0.4, 0.5) is 4.39 Å². The summed E-state index contributed by atoms with van der Waals surface area (Å²) >= 11 is 0. The molecule has 1 aliphatic heterocycles. The molecule has 28 heavy (non-hydrogen) atoms. The van der Waals surface area contributed by atoms with E-state index in [0.29, 0.717) is 19.8 Å². The van der Waals surface area contributed by atoms with Crippen LogP contribution in [-0.4, -0.2) is 71.0 Å². The van der Waals surface area contributed by atoms with Gasteiger partial charge in [-0.05, 0) is 51.1 Å². The highest BCUT2D eigenvalue weighted by molar-refractivity contribution is 14.0. The molecule has 1 heterocycles. The lowest BCUT2D eigenvalue weighted by Crippen LogP contribution is -2.42. The van der Waals surface area contributed by atoms with Gasteiger partial charge in [0, 0.05) is 33.4 Å². The van der Waals surface area contributed by atoms with Crippen LogP contribution in [0, 0.1) is 5.82 Å². The highest BCUT2D eigenvalue weighted by Gasteiger charge is 2.16. The van der Waals surface area contributed by atoms with Crippen molar-refractivity contribution >= 4 is 29.9 Å². The third kappa shape index (κ3) is 9.02. The van der Waals surface area contributed by atoms with Crippen LogP contribution >= 0.6 is 24.0 Å². The fourth-order valence-corrected chi connectivity index (χ4v) is 3.10. The molecule has 2 unspecified atom stereocenters. The lowest BCUT2D eigenvalue weighted by Gasteiger charge is -2.26. The van der Waals surface area contributed by atoms with E-state index in [-0.39, 0.29) is 41.9 Å². The van der Waals surface area contributed by atoms with Crippen LogP contribution in [0.1, 0.15) is 30.9 Å². The van der Waals surface area contributed by atoms with Gasteiger partial charge in [-0.25, -0.2) is 4.39 Å². The highest BCUT2D eigenvalue weighted by atomic mass is 127. The van der Waals surface area contributed by atoms with Crippen LogP contribution in [0.5, 0.6) is 0 Å². The van der Waals surface area contributed by atoms with Crippen LogP contribution in [0.15, 0.2) is 29.3 Å². The van der Waals surface area contributed by atoms with Gasteiger partial charge in [0.1, 0.15) is 5.82 Å². The minimum atomic E-state index is -0.218. The van der Waals surface area contributed by atoms with Gasteiger partial charge in [0.05, 0.1) is 18.8 Å². The van der Waals surface area contributed by atoms with Gasteiger partial charge in [-0.3, -0.25) is 4.99 Å². The predicted octanol–water partition coefficient (Wildman–Crippen LogP) is 2.80. The summed E-state index contributed by atoms with van der Waals surface area (Å²) in [6.45, 7) is 3.66. The van der Waals surface area contributed by atoms with Crippen molar-refractivity contribution in [3.8, 4) is 0 Å². The molecule has 2 N–H and O–H groups in total. The van der Waals surface area contributed by atoms with Gasteiger partial charge >= 0.3 is 0 Å². The first-order valence-corrected chi connectivity index (χ1v) is 9.66. The molecule has 6 nitrogen and oxygen atoms in total. The maximum absolute atomic E-state index is 13.5. The van der Waals surface area contributed by atoms with E-state index in [9.17, 15) is 4.39 Å². The summed E-state index contributed by atoms with van der Waals surface area (Å²) in [5.41, 5.74) is 0.936. The Balaban J connectivity index is 0.00000392. The second-order valence-corrected chi connectivity index (χ2v) is 6.98. The van der Waals surface area contributed by atoms with Crippen LogP contribution in [0.2, 0.25) is 0 Å². The standard InChI is InChI=1S/C20H33FN4O2.HI/c1-22-20(23-10-6-11-26-15-18-9-5-12-27-18)24-14-19(25(2)3)16-7-4-8-17(21)13-16;/h4,7-8,13,18-19H,5-6,9-12,14-15H2,1-3H3,(H2,22,23,24);1H. The number of nitrogens with zero attached hydrogens (tertiary/aromatic N) is 2. The van der Waals surface area contributed by atoms with Gasteiger partial charge in [-0.1, -0.05) is 12.1 Å². The molecular formula is C20H34FIN4O2. The summed E-state index contributed by atoms with van der Waals surface area (Å²) in [6.07, 6.45) is 3.42. The first kappa shape index (κ1) is 25.1. The summed E-state index contributed by atoms with van der Waals surface area (Å²) in [5, 5.41) is 6.61. The third-order valence-corrected chi connectivity index (χ3v) is 4.63. The number of benzene rings is 1. The van der Waals surface area contributed by atoms with E-state index in [1.165, 1.54) is 6.07 Å². The molecule has 1 fully saturated rings. The van der Waals surface area contributed by atoms with E-state index in [4.69, 9.17) is 9.47 Å². The number of hydrogen-bond donors (Lipinski definition) is 2. The zero-order chi connectivity index (χ0) is 19.5. The molecule has 0 aliphatic carbocycles. The molecule has 0 saturated carbocycles. The number of likely N-dealkylation sites (N-methyl/N-ethyl adjacent to an activating group) is 1. The first-order chi connectivity index (χ1) is 13.1. The number of aliphatic imine (C=N–C) groups is 1. The van der Waals surface area contributed by atoms with Crippen LogP contribution < -0.4 is 10.6 Å². The number of halogens is 2. The Morgan fingerprint density at radius 1 is 1.39 bits per heavy atom.